The average Bonchev–Trinajstić information content (AvgIpc) is 3.49. The van der Waals surface area contributed by atoms with Gasteiger partial charge in [-0.05, 0) is 81.5 Å². The van der Waals surface area contributed by atoms with Crippen molar-refractivity contribution in [3.05, 3.63) is 227 Å². The molecule has 0 aromatic heterocycles. The third-order valence-electron chi connectivity index (χ3n) is 9.97. The summed E-state index contributed by atoms with van der Waals surface area (Å²) in [7, 11) is 0. The van der Waals surface area contributed by atoms with E-state index in [9.17, 15) is 0 Å². The third kappa shape index (κ3) is 5.59. The van der Waals surface area contributed by atoms with Crippen LogP contribution in [0.15, 0.2) is 193 Å². The highest BCUT2D eigenvalue weighted by Gasteiger charge is 2.46. The van der Waals surface area contributed by atoms with Gasteiger partial charge in [0.2, 0.25) is 0 Å². The molecule has 0 heterocycles. The maximum Gasteiger partial charge on any atom is 0.160 e. The molecule has 240 valence electrons. The second kappa shape index (κ2) is 13.4. The van der Waals surface area contributed by atoms with Gasteiger partial charge in [-0.15, -0.1) is 0 Å². The van der Waals surface area contributed by atoms with Gasteiger partial charge in [0.05, 0.1) is 11.1 Å². The molecule has 2 heteroatoms. The van der Waals surface area contributed by atoms with Crippen molar-refractivity contribution in [3.63, 3.8) is 0 Å². The van der Waals surface area contributed by atoms with Gasteiger partial charge in [0, 0.05) is 11.3 Å². The summed E-state index contributed by atoms with van der Waals surface area (Å²) in [5, 5.41) is 0. The van der Waals surface area contributed by atoms with Crippen molar-refractivity contribution < 1.29 is 0 Å². The molecule has 0 spiro atoms. The first-order chi connectivity index (χ1) is 24.6. The SMILES string of the molecule is C=C(/N=C(\N=C(/C)c1ccccc1)c1ccc(C2=CCCC=C2)cc1)c1ccc2c(c1)C(c1ccccc1)(c1ccccc1)c1ccccc1-2. The highest BCUT2D eigenvalue weighted by atomic mass is 14.9. The summed E-state index contributed by atoms with van der Waals surface area (Å²) in [5.41, 5.74) is 14.0. The molecular formula is C48H38N2. The van der Waals surface area contributed by atoms with Crippen LogP contribution in [0, 0.1) is 0 Å². The predicted molar refractivity (Wildman–Crippen MR) is 211 cm³/mol. The van der Waals surface area contributed by atoms with Gasteiger partial charge in [0.1, 0.15) is 0 Å². The lowest BCUT2D eigenvalue weighted by molar-refractivity contribution is 0.768. The molecule has 6 aromatic rings. The first-order valence-electron chi connectivity index (χ1n) is 17.3. The second-order valence-electron chi connectivity index (χ2n) is 12.9. The maximum absolute atomic E-state index is 5.20. The molecule has 8 rings (SSSR count). The maximum atomic E-state index is 5.20. The molecule has 0 unspecified atom stereocenters. The fourth-order valence-corrected chi connectivity index (χ4v) is 7.51. The van der Waals surface area contributed by atoms with E-state index in [0.29, 0.717) is 11.5 Å². The number of hydrogen-bond acceptors (Lipinski definition) is 1. The summed E-state index contributed by atoms with van der Waals surface area (Å²) < 4.78 is 0. The van der Waals surface area contributed by atoms with Crippen molar-refractivity contribution in [1.82, 2.24) is 0 Å². The summed E-state index contributed by atoms with van der Waals surface area (Å²) in [6, 6.07) is 56.1. The fraction of sp³-hybridized carbons (Fsp3) is 0.0833. The van der Waals surface area contributed by atoms with Crippen molar-refractivity contribution in [1.29, 1.82) is 0 Å². The fourth-order valence-electron chi connectivity index (χ4n) is 7.51. The van der Waals surface area contributed by atoms with Crippen LogP contribution < -0.4 is 0 Å². The zero-order valence-corrected chi connectivity index (χ0v) is 28.3. The minimum absolute atomic E-state index is 0.489. The molecule has 6 aromatic carbocycles. The number of hydrogen-bond donors (Lipinski definition) is 0. The Morgan fingerprint density at radius 2 is 1.16 bits per heavy atom. The van der Waals surface area contributed by atoms with Crippen LogP contribution in [0.5, 0.6) is 0 Å². The van der Waals surface area contributed by atoms with Gasteiger partial charge in [-0.1, -0.05) is 176 Å². The lowest BCUT2D eigenvalue weighted by Gasteiger charge is -2.34. The molecule has 0 N–H and O–H groups in total. The van der Waals surface area contributed by atoms with Crippen LogP contribution in [0.25, 0.3) is 22.4 Å². The van der Waals surface area contributed by atoms with E-state index < -0.39 is 5.41 Å². The van der Waals surface area contributed by atoms with E-state index in [1.165, 1.54) is 44.5 Å². The summed E-state index contributed by atoms with van der Waals surface area (Å²) in [6.07, 6.45) is 8.93. The molecule has 0 saturated carbocycles. The lowest BCUT2D eigenvalue weighted by Crippen LogP contribution is -2.28. The molecular weight excluding hydrogens is 605 g/mol. The Bertz CT molecular complexity index is 2270. The number of aliphatic imine (C=N–C) groups is 2. The van der Waals surface area contributed by atoms with Crippen LogP contribution in [-0.4, -0.2) is 11.5 Å². The molecule has 2 aliphatic rings. The van der Waals surface area contributed by atoms with Gasteiger partial charge in [0.25, 0.3) is 0 Å². The number of benzene rings is 6. The Morgan fingerprint density at radius 1 is 0.560 bits per heavy atom. The highest BCUT2D eigenvalue weighted by molar-refractivity contribution is 6.12. The topological polar surface area (TPSA) is 24.7 Å². The third-order valence-corrected chi connectivity index (χ3v) is 9.97. The van der Waals surface area contributed by atoms with Crippen LogP contribution in [0.2, 0.25) is 0 Å². The number of rotatable bonds is 7. The quantitative estimate of drug-likeness (QED) is 0.122. The Kier molecular flexibility index (Phi) is 8.36. The van der Waals surface area contributed by atoms with Crippen LogP contribution in [0.3, 0.4) is 0 Å². The second-order valence-corrected chi connectivity index (χ2v) is 12.9. The molecule has 0 aliphatic heterocycles. The van der Waals surface area contributed by atoms with Crippen molar-refractivity contribution in [3.8, 4) is 11.1 Å². The lowest BCUT2D eigenvalue weighted by atomic mass is 9.67. The van der Waals surface area contributed by atoms with Gasteiger partial charge in [-0.3, -0.25) is 0 Å². The summed E-state index contributed by atoms with van der Waals surface area (Å²) in [6.45, 7) is 6.60. The van der Waals surface area contributed by atoms with Crippen LogP contribution in [-0.2, 0) is 5.41 Å². The molecule has 50 heavy (non-hydrogen) atoms. The minimum atomic E-state index is -0.489. The predicted octanol–water partition coefficient (Wildman–Crippen LogP) is 11.7. The molecule has 0 bridgehead atoms. The molecule has 0 saturated heterocycles. The van der Waals surface area contributed by atoms with E-state index in [0.717, 1.165) is 35.2 Å². The first kappa shape index (κ1) is 31.2. The van der Waals surface area contributed by atoms with E-state index in [4.69, 9.17) is 9.98 Å². The van der Waals surface area contributed by atoms with Crippen molar-refractivity contribution in [2.45, 2.75) is 25.2 Å². The van der Waals surface area contributed by atoms with Crippen LogP contribution >= 0.6 is 0 Å². The van der Waals surface area contributed by atoms with E-state index in [-0.39, 0.29) is 0 Å². The molecule has 0 atom stereocenters. The summed E-state index contributed by atoms with van der Waals surface area (Å²) >= 11 is 0. The van der Waals surface area contributed by atoms with Gasteiger partial charge in [-0.2, -0.15) is 0 Å². The van der Waals surface area contributed by atoms with Gasteiger partial charge >= 0.3 is 0 Å². The monoisotopic (exact) mass is 642 g/mol. The molecule has 2 aliphatic carbocycles. The van der Waals surface area contributed by atoms with E-state index in [2.05, 4.69) is 164 Å². The molecule has 0 amide bonds. The Balaban J connectivity index is 1.27. The Hall–Kier alpha value is -6.12. The summed E-state index contributed by atoms with van der Waals surface area (Å²) in [4.78, 5) is 10.3. The normalized spacial score (nSPS) is 14.9. The Labute approximate surface area is 295 Å². The average molecular weight is 643 g/mol. The molecule has 0 radical (unpaired) electrons. The largest absolute Gasteiger partial charge is 0.233 e. The first-order valence-corrected chi connectivity index (χ1v) is 17.3. The summed E-state index contributed by atoms with van der Waals surface area (Å²) in [5.74, 6) is 0.636. The molecule has 2 nitrogen and oxygen atoms in total. The number of fused-ring (bicyclic) bond motifs is 3. The zero-order valence-electron chi connectivity index (χ0n) is 28.3. The van der Waals surface area contributed by atoms with Gasteiger partial charge in [0.15, 0.2) is 5.84 Å². The van der Waals surface area contributed by atoms with Gasteiger partial charge < -0.3 is 0 Å². The number of allylic oxidation sites excluding steroid dienone is 4. The van der Waals surface area contributed by atoms with Crippen molar-refractivity contribution >= 4 is 22.8 Å². The van der Waals surface area contributed by atoms with E-state index in [1.54, 1.807) is 0 Å². The highest BCUT2D eigenvalue weighted by Crippen LogP contribution is 2.56. The number of amidine groups is 1. The van der Waals surface area contributed by atoms with E-state index in [1.807, 2.05) is 25.1 Å². The van der Waals surface area contributed by atoms with E-state index >= 15 is 0 Å². The standard InChI is InChI=1S/C48H38N2/c1-34(36-17-7-3-8-18-36)49-47(39-29-27-38(28-30-39)37-19-9-4-10-20-37)50-35(2)40-31-32-44-43-25-15-16-26-45(43)48(46(44)33-40,41-21-11-5-12-22-41)42-23-13-6-14-24-42/h3,5-9,11-33H,2,4,10H2,1H3/b49-34+,50-47-. The minimum Gasteiger partial charge on any atom is -0.233 e. The van der Waals surface area contributed by atoms with Crippen LogP contribution in [0.1, 0.15) is 64.3 Å². The molecule has 0 fully saturated rings. The zero-order chi connectivity index (χ0) is 33.9. The Morgan fingerprint density at radius 3 is 1.82 bits per heavy atom. The van der Waals surface area contributed by atoms with Crippen molar-refractivity contribution in [2.24, 2.45) is 9.98 Å². The van der Waals surface area contributed by atoms with Crippen molar-refractivity contribution in [2.75, 3.05) is 0 Å². The number of nitrogens with zero attached hydrogens (tertiary/aromatic N) is 2. The van der Waals surface area contributed by atoms with Gasteiger partial charge in [-0.25, -0.2) is 9.98 Å². The smallest absolute Gasteiger partial charge is 0.160 e. The van der Waals surface area contributed by atoms with Crippen LogP contribution in [0.4, 0.5) is 0 Å².